The standard InChI is InChI=1S/C18H28O3/c1-5-13(2)10-15(4)11-14(3)8-6-7-9-17-16(12-19)18(20)21-17/h5,10,14,19H,6-9,11-12H2,1-4H3. The summed E-state index contributed by atoms with van der Waals surface area (Å²) in [5.74, 6) is 0.997. The second-order valence-corrected chi connectivity index (χ2v) is 6.03. The first kappa shape index (κ1) is 17.7. The van der Waals surface area contributed by atoms with E-state index in [2.05, 4.69) is 39.8 Å². The molecule has 0 aliphatic carbocycles. The van der Waals surface area contributed by atoms with Crippen LogP contribution in [-0.2, 0) is 9.53 Å². The molecule has 0 saturated carbocycles. The fourth-order valence-electron chi connectivity index (χ4n) is 2.62. The zero-order valence-corrected chi connectivity index (χ0v) is 13.7. The maximum absolute atomic E-state index is 11.0. The van der Waals surface area contributed by atoms with Gasteiger partial charge < -0.3 is 9.84 Å². The van der Waals surface area contributed by atoms with Gasteiger partial charge in [-0.2, -0.15) is 0 Å². The minimum Gasteiger partial charge on any atom is -0.427 e. The van der Waals surface area contributed by atoms with E-state index in [1.807, 2.05) is 0 Å². The van der Waals surface area contributed by atoms with Gasteiger partial charge in [-0.05, 0) is 39.5 Å². The molecule has 0 spiro atoms. The fourth-order valence-corrected chi connectivity index (χ4v) is 2.62. The molecule has 1 heterocycles. The first-order valence-electron chi connectivity index (χ1n) is 7.83. The molecule has 3 nitrogen and oxygen atoms in total. The van der Waals surface area contributed by atoms with Gasteiger partial charge in [-0.1, -0.05) is 43.1 Å². The summed E-state index contributed by atoms with van der Waals surface area (Å²) in [6.07, 6.45) is 9.58. The monoisotopic (exact) mass is 292 g/mol. The number of carbonyl (C=O) groups is 1. The van der Waals surface area contributed by atoms with Crippen molar-refractivity contribution in [2.24, 2.45) is 5.92 Å². The summed E-state index contributed by atoms with van der Waals surface area (Å²) in [4.78, 5) is 11.0. The van der Waals surface area contributed by atoms with Gasteiger partial charge in [0.15, 0.2) is 0 Å². The molecular weight excluding hydrogens is 264 g/mol. The number of cyclic esters (lactones) is 1. The molecule has 0 aromatic carbocycles. The summed E-state index contributed by atoms with van der Waals surface area (Å²) < 4.78 is 4.94. The smallest absolute Gasteiger partial charge is 0.344 e. The van der Waals surface area contributed by atoms with Gasteiger partial charge in [0.25, 0.3) is 0 Å². The molecule has 1 atom stereocenters. The van der Waals surface area contributed by atoms with Crippen molar-refractivity contribution in [3.8, 4) is 0 Å². The Labute approximate surface area is 128 Å². The Balaban J connectivity index is 2.23. The van der Waals surface area contributed by atoms with Crippen LogP contribution in [0.4, 0.5) is 0 Å². The summed E-state index contributed by atoms with van der Waals surface area (Å²) in [6.45, 7) is 8.46. The summed E-state index contributed by atoms with van der Waals surface area (Å²) >= 11 is 0. The zero-order chi connectivity index (χ0) is 15.8. The molecule has 0 aromatic heterocycles. The van der Waals surface area contributed by atoms with E-state index < -0.39 is 0 Å². The molecule has 118 valence electrons. The minimum absolute atomic E-state index is 0.196. The molecule has 1 rings (SSSR count). The van der Waals surface area contributed by atoms with Gasteiger partial charge >= 0.3 is 5.97 Å². The number of hydrogen-bond acceptors (Lipinski definition) is 3. The SMILES string of the molecule is CC=C(C)C=C(C)CC(C)CCCCC1=C(CO)C(=O)O1. The van der Waals surface area contributed by atoms with Crippen molar-refractivity contribution in [2.75, 3.05) is 6.61 Å². The molecule has 0 aromatic rings. The van der Waals surface area contributed by atoms with E-state index in [0.29, 0.717) is 17.3 Å². The zero-order valence-electron chi connectivity index (χ0n) is 13.7. The topological polar surface area (TPSA) is 46.5 Å². The first-order chi connectivity index (χ1) is 9.97. The van der Waals surface area contributed by atoms with Crippen molar-refractivity contribution >= 4 is 5.97 Å². The third kappa shape index (κ3) is 5.88. The second-order valence-electron chi connectivity index (χ2n) is 6.03. The Hall–Kier alpha value is -1.35. The van der Waals surface area contributed by atoms with E-state index in [9.17, 15) is 4.79 Å². The largest absolute Gasteiger partial charge is 0.427 e. The molecule has 0 saturated heterocycles. The van der Waals surface area contributed by atoms with E-state index in [4.69, 9.17) is 9.84 Å². The van der Waals surface area contributed by atoms with Crippen molar-refractivity contribution in [1.82, 2.24) is 0 Å². The van der Waals surface area contributed by atoms with Crippen LogP contribution in [-0.4, -0.2) is 17.7 Å². The van der Waals surface area contributed by atoms with Crippen LogP contribution in [0.25, 0.3) is 0 Å². The van der Waals surface area contributed by atoms with Gasteiger partial charge in [0.2, 0.25) is 0 Å². The van der Waals surface area contributed by atoms with Crippen molar-refractivity contribution in [2.45, 2.75) is 59.8 Å². The molecule has 1 N–H and O–H groups in total. The van der Waals surface area contributed by atoms with E-state index in [0.717, 1.165) is 25.7 Å². The lowest BCUT2D eigenvalue weighted by atomic mass is 9.94. The Morgan fingerprint density at radius 2 is 2.05 bits per heavy atom. The lowest BCUT2D eigenvalue weighted by Crippen LogP contribution is -2.24. The number of aliphatic hydroxyl groups excluding tert-OH is 1. The number of hydrogen-bond donors (Lipinski definition) is 1. The number of ether oxygens (including phenoxy) is 1. The molecule has 21 heavy (non-hydrogen) atoms. The summed E-state index contributed by atoms with van der Waals surface area (Å²) in [5, 5.41) is 8.99. The fraction of sp³-hybridized carbons (Fsp3) is 0.611. The maximum Gasteiger partial charge on any atom is 0.344 e. The molecule has 1 unspecified atom stereocenters. The van der Waals surface area contributed by atoms with Gasteiger partial charge in [0, 0.05) is 6.42 Å². The summed E-state index contributed by atoms with van der Waals surface area (Å²) in [5.41, 5.74) is 3.20. The quantitative estimate of drug-likeness (QED) is 0.392. The van der Waals surface area contributed by atoms with E-state index >= 15 is 0 Å². The van der Waals surface area contributed by atoms with Crippen LogP contribution in [0.5, 0.6) is 0 Å². The Morgan fingerprint density at radius 3 is 2.62 bits per heavy atom. The van der Waals surface area contributed by atoms with E-state index in [1.165, 1.54) is 17.6 Å². The number of esters is 1. The maximum atomic E-state index is 11.0. The van der Waals surface area contributed by atoms with Gasteiger partial charge in [-0.25, -0.2) is 4.79 Å². The van der Waals surface area contributed by atoms with Gasteiger partial charge in [-0.15, -0.1) is 0 Å². The molecule has 1 aliphatic rings. The average Bonchev–Trinajstić information content (AvgIpc) is 2.41. The summed E-state index contributed by atoms with van der Waals surface area (Å²) in [6, 6.07) is 0. The van der Waals surface area contributed by atoms with Crippen LogP contribution in [0.1, 0.15) is 59.8 Å². The van der Waals surface area contributed by atoms with Crippen molar-refractivity contribution in [1.29, 1.82) is 0 Å². The third-order valence-corrected chi connectivity index (χ3v) is 3.91. The average molecular weight is 292 g/mol. The lowest BCUT2D eigenvalue weighted by molar-refractivity contribution is -0.141. The van der Waals surface area contributed by atoms with Gasteiger partial charge in [0.1, 0.15) is 11.3 Å². The van der Waals surface area contributed by atoms with Crippen LogP contribution in [0, 0.1) is 5.92 Å². The van der Waals surface area contributed by atoms with Crippen LogP contribution in [0.2, 0.25) is 0 Å². The van der Waals surface area contributed by atoms with Gasteiger partial charge in [0.05, 0.1) is 6.61 Å². The predicted molar refractivity (Wildman–Crippen MR) is 85.6 cm³/mol. The normalized spacial score (nSPS) is 17.7. The van der Waals surface area contributed by atoms with Crippen LogP contribution in [0.3, 0.4) is 0 Å². The molecule has 0 radical (unpaired) electrons. The molecule has 1 aliphatic heterocycles. The molecule has 0 bridgehead atoms. The van der Waals surface area contributed by atoms with E-state index in [-0.39, 0.29) is 12.6 Å². The first-order valence-corrected chi connectivity index (χ1v) is 7.83. The van der Waals surface area contributed by atoms with Crippen LogP contribution < -0.4 is 0 Å². The highest BCUT2D eigenvalue weighted by molar-refractivity contribution is 5.95. The van der Waals surface area contributed by atoms with Gasteiger partial charge in [-0.3, -0.25) is 0 Å². The highest BCUT2D eigenvalue weighted by atomic mass is 16.6. The third-order valence-electron chi connectivity index (χ3n) is 3.91. The molecule has 3 heteroatoms. The van der Waals surface area contributed by atoms with Crippen molar-refractivity contribution in [3.63, 3.8) is 0 Å². The van der Waals surface area contributed by atoms with E-state index in [1.54, 1.807) is 0 Å². The van der Waals surface area contributed by atoms with Crippen molar-refractivity contribution in [3.05, 3.63) is 34.6 Å². The van der Waals surface area contributed by atoms with Crippen molar-refractivity contribution < 1.29 is 14.6 Å². The Morgan fingerprint density at radius 1 is 1.33 bits per heavy atom. The number of allylic oxidation sites excluding steroid dienone is 5. The molecular formula is C18H28O3. The molecule has 0 fully saturated rings. The Bertz CT molecular complexity index is 455. The van der Waals surface area contributed by atoms with Crippen LogP contribution in [0.15, 0.2) is 34.6 Å². The molecule has 0 amide bonds. The number of aliphatic hydroxyl groups is 1. The lowest BCUT2D eigenvalue weighted by Gasteiger charge is -2.21. The highest BCUT2D eigenvalue weighted by Gasteiger charge is 2.28. The second kappa shape index (κ2) is 8.83. The number of carbonyl (C=O) groups excluding carboxylic acids is 1. The predicted octanol–water partition coefficient (Wildman–Crippen LogP) is 4.29. The van der Waals surface area contributed by atoms with Crippen LogP contribution >= 0.6 is 0 Å². The summed E-state index contributed by atoms with van der Waals surface area (Å²) in [7, 11) is 0. The minimum atomic E-state index is -0.360. The number of rotatable bonds is 9. The highest BCUT2D eigenvalue weighted by Crippen LogP contribution is 2.26. The number of unbranched alkanes of at least 4 members (excludes halogenated alkanes) is 1. The Kier molecular flexibility index (Phi) is 7.44.